The van der Waals surface area contributed by atoms with Gasteiger partial charge in [0, 0.05) is 12.8 Å². The molecule has 0 N–H and O–H groups in total. The van der Waals surface area contributed by atoms with Gasteiger partial charge in [0.25, 0.3) is 0 Å². The highest BCUT2D eigenvalue weighted by Gasteiger charge is 2.44. The van der Waals surface area contributed by atoms with Crippen LogP contribution in [0, 0.1) is 14.1 Å². The first-order chi connectivity index (χ1) is 10.4. The van der Waals surface area contributed by atoms with Crippen molar-refractivity contribution in [3.8, 4) is 0 Å². The van der Waals surface area contributed by atoms with Gasteiger partial charge >= 0.3 is 0 Å². The molecule has 1 unspecified atom stereocenters. The largest absolute Gasteiger partial charge is 0.293 e. The van der Waals surface area contributed by atoms with Gasteiger partial charge in [-0.05, 0) is 94.9 Å². The van der Waals surface area contributed by atoms with Gasteiger partial charge in [-0.25, -0.2) is 0 Å². The van der Waals surface area contributed by atoms with Crippen molar-refractivity contribution < 1.29 is 4.79 Å². The summed E-state index contributed by atoms with van der Waals surface area (Å²) >= 11 is 6.38. The Labute approximate surface area is 162 Å². The number of thioether (sulfide) groups is 1. The molecule has 2 nitrogen and oxygen atoms in total. The maximum Gasteiger partial charge on any atom is 0.238 e. The Bertz CT molecular complexity index is 712. The maximum absolute atomic E-state index is 12.5. The van der Waals surface area contributed by atoms with Crippen LogP contribution in [0.2, 0.25) is 0 Å². The van der Waals surface area contributed by atoms with Crippen molar-refractivity contribution in [1.82, 2.24) is 0 Å². The number of amides is 1. The van der Waals surface area contributed by atoms with Crippen LogP contribution in [0.25, 0.3) is 0 Å². The van der Waals surface area contributed by atoms with Crippen LogP contribution in [0.15, 0.2) is 42.5 Å². The zero-order valence-electron chi connectivity index (χ0n) is 12.3. The molecule has 2 aromatic rings. The third kappa shape index (κ3) is 3.03. The molecule has 0 aliphatic carbocycles. The molecule has 1 aliphatic heterocycles. The average molecular weight is 535 g/mol. The summed E-state index contributed by atoms with van der Waals surface area (Å²) in [5.74, 6) is 0.692. The molecule has 0 bridgehead atoms. The molecule has 114 valence electrons. The van der Waals surface area contributed by atoms with Crippen molar-refractivity contribution in [3.05, 3.63) is 60.7 Å². The highest BCUT2D eigenvalue weighted by Crippen LogP contribution is 2.47. The summed E-state index contributed by atoms with van der Waals surface area (Å²) in [4.78, 5) is 14.1. The van der Waals surface area contributed by atoms with Gasteiger partial charge in [-0.15, -0.1) is 11.8 Å². The molecule has 1 fully saturated rings. The SMILES string of the molecule is Cc1ccc(N2C(=O)CSC2(C)c2cc(I)cc(I)c2)cc1. The third-order valence-electron chi connectivity index (χ3n) is 3.84. The van der Waals surface area contributed by atoms with Crippen LogP contribution in [0.1, 0.15) is 18.1 Å². The number of halogens is 2. The van der Waals surface area contributed by atoms with Gasteiger partial charge in [0.05, 0.1) is 5.75 Å². The van der Waals surface area contributed by atoms with Gasteiger partial charge < -0.3 is 0 Å². The molecular weight excluding hydrogens is 520 g/mol. The third-order valence-corrected chi connectivity index (χ3v) is 6.46. The quantitative estimate of drug-likeness (QED) is 0.496. The number of anilines is 1. The van der Waals surface area contributed by atoms with Crippen molar-refractivity contribution in [1.29, 1.82) is 0 Å². The van der Waals surface area contributed by atoms with Gasteiger partial charge in [-0.2, -0.15) is 0 Å². The lowest BCUT2D eigenvalue weighted by Gasteiger charge is -2.35. The summed E-state index contributed by atoms with van der Waals surface area (Å²) < 4.78 is 2.40. The molecule has 0 saturated carbocycles. The van der Waals surface area contributed by atoms with E-state index in [1.165, 1.54) is 18.3 Å². The van der Waals surface area contributed by atoms with Crippen molar-refractivity contribution in [3.63, 3.8) is 0 Å². The van der Waals surface area contributed by atoms with Crippen LogP contribution in [0.4, 0.5) is 5.69 Å². The summed E-state index contributed by atoms with van der Waals surface area (Å²) in [6, 6.07) is 14.7. The van der Waals surface area contributed by atoms with E-state index in [-0.39, 0.29) is 10.8 Å². The van der Waals surface area contributed by atoms with Gasteiger partial charge in [-0.3, -0.25) is 9.69 Å². The van der Waals surface area contributed by atoms with Gasteiger partial charge in [0.1, 0.15) is 4.87 Å². The standard InChI is InChI=1S/C17H15I2NOS/c1-11-3-5-15(6-4-11)20-16(21)10-22-17(20,2)12-7-13(18)9-14(19)8-12/h3-9H,10H2,1-2H3. The lowest BCUT2D eigenvalue weighted by Crippen LogP contribution is -2.40. The van der Waals surface area contributed by atoms with E-state index in [0.29, 0.717) is 5.75 Å². The molecule has 0 spiro atoms. The first kappa shape index (κ1) is 16.6. The van der Waals surface area contributed by atoms with Crippen LogP contribution in [-0.2, 0) is 9.67 Å². The summed E-state index contributed by atoms with van der Waals surface area (Å²) in [7, 11) is 0. The highest BCUT2D eigenvalue weighted by atomic mass is 127. The van der Waals surface area contributed by atoms with Crippen LogP contribution in [-0.4, -0.2) is 11.7 Å². The maximum atomic E-state index is 12.5. The lowest BCUT2D eigenvalue weighted by molar-refractivity contribution is -0.116. The lowest BCUT2D eigenvalue weighted by atomic mass is 10.0. The topological polar surface area (TPSA) is 20.3 Å². The number of carbonyl (C=O) groups is 1. The predicted molar refractivity (Wildman–Crippen MR) is 110 cm³/mol. The number of nitrogens with zero attached hydrogens (tertiary/aromatic N) is 1. The molecule has 1 atom stereocenters. The zero-order valence-corrected chi connectivity index (χ0v) is 17.4. The zero-order chi connectivity index (χ0) is 15.9. The minimum atomic E-state index is -0.354. The Kier molecular flexibility index (Phi) is 4.76. The van der Waals surface area contributed by atoms with Crippen molar-refractivity contribution in [2.75, 3.05) is 10.7 Å². The van der Waals surface area contributed by atoms with E-state index in [1.807, 2.05) is 17.0 Å². The molecule has 1 heterocycles. The summed E-state index contributed by atoms with van der Waals surface area (Å²) in [6.45, 7) is 4.20. The number of carbonyl (C=O) groups excluding carboxylic acids is 1. The van der Waals surface area contributed by atoms with Crippen LogP contribution in [0.3, 0.4) is 0 Å². The van der Waals surface area contributed by atoms with E-state index in [4.69, 9.17) is 0 Å². The Morgan fingerprint density at radius 2 is 1.68 bits per heavy atom. The van der Waals surface area contributed by atoms with Crippen molar-refractivity contribution in [2.45, 2.75) is 18.7 Å². The van der Waals surface area contributed by atoms with E-state index < -0.39 is 0 Å². The first-order valence-electron chi connectivity index (χ1n) is 6.90. The number of hydrogen-bond acceptors (Lipinski definition) is 2. The van der Waals surface area contributed by atoms with E-state index in [2.05, 4.69) is 89.4 Å². The molecule has 1 saturated heterocycles. The molecule has 0 aromatic heterocycles. The molecular formula is C17H15I2NOS. The van der Waals surface area contributed by atoms with E-state index in [0.717, 1.165) is 5.69 Å². The summed E-state index contributed by atoms with van der Waals surface area (Å²) in [5, 5.41) is 0. The van der Waals surface area contributed by atoms with E-state index >= 15 is 0 Å². The second kappa shape index (κ2) is 6.32. The van der Waals surface area contributed by atoms with Crippen molar-refractivity contribution >= 4 is 68.5 Å². The molecule has 5 heteroatoms. The highest BCUT2D eigenvalue weighted by molar-refractivity contribution is 14.1. The van der Waals surface area contributed by atoms with Gasteiger partial charge in [0.2, 0.25) is 5.91 Å². The van der Waals surface area contributed by atoms with Crippen molar-refractivity contribution in [2.24, 2.45) is 0 Å². The fraction of sp³-hybridized carbons (Fsp3) is 0.235. The van der Waals surface area contributed by atoms with Crippen LogP contribution >= 0.6 is 56.9 Å². The van der Waals surface area contributed by atoms with E-state index in [9.17, 15) is 4.79 Å². The Hall–Kier alpha value is -0.280. The molecule has 1 aliphatic rings. The summed E-state index contributed by atoms with van der Waals surface area (Å²) in [5.41, 5.74) is 3.35. The Balaban J connectivity index is 2.10. The Morgan fingerprint density at radius 3 is 2.27 bits per heavy atom. The normalized spacial score (nSPS) is 21.5. The Morgan fingerprint density at radius 1 is 1.09 bits per heavy atom. The second-order valence-corrected chi connectivity index (χ2v) is 9.36. The molecule has 22 heavy (non-hydrogen) atoms. The number of rotatable bonds is 2. The predicted octanol–water partition coefficient (Wildman–Crippen LogP) is 5.16. The fourth-order valence-electron chi connectivity index (χ4n) is 2.69. The average Bonchev–Trinajstić information content (AvgIpc) is 2.76. The van der Waals surface area contributed by atoms with Crippen LogP contribution < -0.4 is 4.90 Å². The summed E-state index contributed by atoms with van der Waals surface area (Å²) in [6.07, 6.45) is 0. The number of benzene rings is 2. The second-order valence-electron chi connectivity index (χ2n) is 5.49. The number of aryl methyl sites for hydroxylation is 1. The van der Waals surface area contributed by atoms with Gasteiger partial charge in [0.15, 0.2) is 0 Å². The smallest absolute Gasteiger partial charge is 0.238 e. The van der Waals surface area contributed by atoms with E-state index in [1.54, 1.807) is 11.8 Å². The fourth-order valence-corrected chi connectivity index (χ4v) is 5.78. The van der Waals surface area contributed by atoms with Gasteiger partial charge in [-0.1, -0.05) is 17.7 Å². The molecule has 2 aromatic carbocycles. The van der Waals surface area contributed by atoms with Crippen LogP contribution in [0.5, 0.6) is 0 Å². The molecule has 1 amide bonds. The monoisotopic (exact) mass is 535 g/mol. The number of hydrogen-bond donors (Lipinski definition) is 0. The minimum absolute atomic E-state index is 0.172. The first-order valence-corrected chi connectivity index (χ1v) is 10.0. The molecule has 0 radical (unpaired) electrons. The minimum Gasteiger partial charge on any atom is -0.293 e. The molecule has 3 rings (SSSR count).